The number of nitro groups is 1. The lowest BCUT2D eigenvalue weighted by Gasteiger charge is -2.09. The molecule has 0 atom stereocenters. The molecule has 0 spiro atoms. The van der Waals surface area contributed by atoms with Gasteiger partial charge in [0.2, 0.25) is 0 Å². The molecule has 1 N–H and O–H groups in total. The van der Waals surface area contributed by atoms with E-state index in [1.54, 1.807) is 24.3 Å². The first-order valence-electron chi connectivity index (χ1n) is 6.26. The van der Waals surface area contributed by atoms with Crippen LogP contribution in [0.4, 0.5) is 11.4 Å². The number of hydrogen-bond acceptors (Lipinski definition) is 6. The Balaban J connectivity index is 2.20. The molecule has 7 nitrogen and oxygen atoms in total. The molecule has 1 aromatic heterocycles. The lowest BCUT2D eigenvalue weighted by atomic mass is 10.2. The van der Waals surface area contributed by atoms with Gasteiger partial charge < -0.3 is 14.6 Å². The van der Waals surface area contributed by atoms with Crippen LogP contribution in [0.5, 0.6) is 5.75 Å². The van der Waals surface area contributed by atoms with Crippen molar-refractivity contribution in [1.29, 1.82) is 0 Å². The van der Waals surface area contributed by atoms with Crippen molar-refractivity contribution in [3.63, 3.8) is 0 Å². The number of nitro benzene ring substituents is 1. The second kappa shape index (κ2) is 6.55. The van der Waals surface area contributed by atoms with Gasteiger partial charge in [-0.3, -0.25) is 10.1 Å². The number of benzene rings is 1. The zero-order chi connectivity index (χ0) is 14.4. The fourth-order valence-corrected chi connectivity index (χ4v) is 1.70. The molecule has 0 saturated heterocycles. The molecule has 2 rings (SSSR count). The molecule has 0 aliphatic heterocycles. The third-order valence-electron chi connectivity index (χ3n) is 2.59. The van der Waals surface area contributed by atoms with Crippen LogP contribution < -0.4 is 10.1 Å². The highest BCUT2D eigenvalue weighted by Crippen LogP contribution is 2.35. The summed E-state index contributed by atoms with van der Waals surface area (Å²) in [6.07, 6.45) is 2.30. The maximum Gasteiger partial charge on any atom is 0.333 e. The van der Waals surface area contributed by atoms with Gasteiger partial charge in [0.15, 0.2) is 11.5 Å². The molecule has 1 heterocycles. The molecular weight excluding hydrogens is 262 g/mol. The molecule has 2 aromatic rings. The second-order valence-corrected chi connectivity index (χ2v) is 4.09. The molecular formula is C13H15N3O4. The van der Waals surface area contributed by atoms with Gasteiger partial charge in [0.05, 0.1) is 24.3 Å². The van der Waals surface area contributed by atoms with Crippen molar-refractivity contribution in [2.24, 2.45) is 0 Å². The van der Waals surface area contributed by atoms with Crippen LogP contribution in [0.3, 0.4) is 0 Å². The van der Waals surface area contributed by atoms with E-state index in [0.717, 1.165) is 6.42 Å². The standard InChI is InChI=1S/C13H15N3O4/c1-2-8-19-12-5-3-4-11(13(12)16(17)18)14-9-10-6-7-15-20-10/h3-7,14H,2,8-9H2,1H3. The first-order chi connectivity index (χ1) is 9.72. The Hall–Kier alpha value is -2.57. The largest absolute Gasteiger partial charge is 0.487 e. The van der Waals surface area contributed by atoms with E-state index < -0.39 is 4.92 Å². The van der Waals surface area contributed by atoms with Gasteiger partial charge in [-0.25, -0.2) is 0 Å². The van der Waals surface area contributed by atoms with Crippen LogP contribution in [0.15, 0.2) is 35.0 Å². The van der Waals surface area contributed by atoms with Gasteiger partial charge in [-0.2, -0.15) is 0 Å². The molecule has 0 aliphatic rings. The molecule has 0 unspecified atom stereocenters. The van der Waals surface area contributed by atoms with Crippen molar-refractivity contribution < 1.29 is 14.2 Å². The van der Waals surface area contributed by atoms with Crippen molar-refractivity contribution in [3.8, 4) is 5.75 Å². The van der Waals surface area contributed by atoms with E-state index in [-0.39, 0.29) is 11.4 Å². The molecule has 0 radical (unpaired) electrons. The monoisotopic (exact) mass is 277 g/mol. The number of para-hydroxylation sites is 1. The quantitative estimate of drug-likeness (QED) is 0.618. The predicted molar refractivity (Wildman–Crippen MR) is 72.7 cm³/mol. The van der Waals surface area contributed by atoms with Gasteiger partial charge in [-0.1, -0.05) is 18.1 Å². The minimum Gasteiger partial charge on any atom is -0.487 e. The van der Waals surface area contributed by atoms with Crippen LogP contribution in [-0.2, 0) is 6.54 Å². The van der Waals surface area contributed by atoms with Crippen molar-refractivity contribution in [3.05, 3.63) is 46.3 Å². The summed E-state index contributed by atoms with van der Waals surface area (Å²) >= 11 is 0. The Morgan fingerprint density at radius 2 is 2.30 bits per heavy atom. The number of aromatic nitrogens is 1. The van der Waals surface area contributed by atoms with E-state index in [4.69, 9.17) is 9.26 Å². The summed E-state index contributed by atoms with van der Waals surface area (Å²) < 4.78 is 10.3. The van der Waals surface area contributed by atoms with Gasteiger partial charge in [-0.15, -0.1) is 0 Å². The van der Waals surface area contributed by atoms with Gasteiger partial charge >= 0.3 is 5.69 Å². The normalized spacial score (nSPS) is 10.2. The third kappa shape index (κ3) is 3.25. The van der Waals surface area contributed by atoms with E-state index in [9.17, 15) is 10.1 Å². The SMILES string of the molecule is CCCOc1cccc(NCc2ccno2)c1[N+](=O)[O-]. The number of hydrogen-bond donors (Lipinski definition) is 1. The first-order valence-corrected chi connectivity index (χ1v) is 6.26. The topological polar surface area (TPSA) is 90.4 Å². The number of nitrogens with one attached hydrogen (secondary N) is 1. The van der Waals surface area contributed by atoms with Gasteiger partial charge in [0, 0.05) is 6.07 Å². The van der Waals surface area contributed by atoms with Crippen molar-refractivity contribution in [2.75, 3.05) is 11.9 Å². The highest BCUT2D eigenvalue weighted by atomic mass is 16.6. The molecule has 0 aliphatic carbocycles. The molecule has 7 heteroatoms. The maximum atomic E-state index is 11.2. The van der Waals surface area contributed by atoms with Crippen LogP contribution in [0.2, 0.25) is 0 Å². The lowest BCUT2D eigenvalue weighted by Crippen LogP contribution is -2.05. The summed E-state index contributed by atoms with van der Waals surface area (Å²) in [4.78, 5) is 10.8. The predicted octanol–water partition coefficient (Wildman–Crippen LogP) is 2.98. The summed E-state index contributed by atoms with van der Waals surface area (Å²) in [7, 11) is 0. The molecule has 1 aromatic carbocycles. The van der Waals surface area contributed by atoms with E-state index in [0.29, 0.717) is 24.6 Å². The van der Waals surface area contributed by atoms with Crippen LogP contribution in [0, 0.1) is 10.1 Å². The van der Waals surface area contributed by atoms with Crippen LogP contribution in [0.25, 0.3) is 0 Å². The molecule has 0 fully saturated rings. The fraction of sp³-hybridized carbons (Fsp3) is 0.308. The summed E-state index contributed by atoms with van der Waals surface area (Å²) in [6.45, 7) is 2.70. The number of nitrogens with zero attached hydrogens (tertiary/aromatic N) is 2. The molecule has 0 amide bonds. The Morgan fingerprint density at radius 1 is 1.45 bits per heavy atom. The third-order valence-corrected chi connectivity index (χ3v) is 2.59. The summed E-state index contributed by atoms with van der Waals surface area (Å²) in [5, 5.41) is 17.8. The van der Waals surface area contributed by atoms with Crippen LogP contribution in [-0.4, -0.2) is 16.7 Å². The number of ether oxygens (including phenoxy) is 1. The summed E-state index contributed by atoms with van der Waals surface area (Å²) in [5.74, 6) is 0.860. The van der Waals surface area contributed by atoms with Crippen molar-refractivity contribution in [2.45, 2.75) is 19.9 Å². The van der Waals surface area contributed by atoms with E-state index >= 15 is 0 Å². The Kier molecular flexibility index (Phi) is 4.54. The Morgan fingerprint density at radius 3 is 2.95 bits per heavy atom. The van der Waals surface area contributed by atoms with Crippen molar-refractivity contribution in [1.82, 2.24) is 5.16 Å². The van der Waals surface area contributed by atoms with Gasteiger partial charge in [-0.05, 0) is 18.6 Å². The molecule has 20 heavy (non-hydrogen) atoms. The highest BCUT2D eigenvalue weighted by molar-refractivity contribution is 5.68. The summed E-state index contributed by atoms with van der Waals surface area (Å²) in [5.41, 5.74) is 0.320. The second-order valence-electron chi connectivity index (χ2n) is 4.09. The van der Waals surface area contributed by atoms with E-state index in [1.807, 2.05) is 6.92 Å². The van der Waals surface area contributed by atoms with E-state index in [2.05, 4.69) is 10.5 Å². The average Bonchev–Trinajstić information content (AvgIpc) is 2.95. The Bertz CT molecular complexity index is 569. The van der Waals surface area contributed by atoms with Gasteiger partial charge in [0.25, 0.3) is 0 Å². The maximum absolute atomic E-state index is 11.2. The fourth-order valence-electron chi connectivity index (χ4n) is 1.70. The highest BCUT2D eigenvalue weighted by Gasteiger charge is 2.20. The molecule has 106 valence electrons. The number of rotatable bonds is 7. The number of anilines is 1. The Labute approximate surface area is 115 Å². The first kappa shape index (κ1) is 13.9. The minimum absolute atomic E-state index is 0.0690. The average molecular weight is 277 g/mol. The zero-order valence-electron chi connectivity index (χ0n) is 11.0. The van der Waals surface area contributed by atoms with Gasteiger partial charge in [0.1, 0.15) is 5.69 Å². The molecule has 0 saturated carbocycles. The minimum atomic E-state index is -0.451. The smallest absolute Gasteiger partial charge is 0.333 e. The van der Waals surface area contributed by atoms with Crippen LogP contribution >= 0.6 is 0 Å². The van der Waals surface area contributed by atoms with E-state index in [1.165, 1.54) is 6.20 Å². The summed E-state index contributed by atoms with van der Waals surface area (Å²) in [6, 6.07) is 6.62. The lowest BCUT2D eigenvalue weighted by molar-refractivity contribution is -0.385. The van der Waals surface area contributed by atoms with Crippen molar-refractivity contribution >= 4 is 11.4 Å². The zero-order valence-corrected chi connectivity index (χ0v) is 11.0. The molecule has 0 bridgehead atoms. The van der Waals surface area contributed by atoms with Crippen LogP contribution in [0.1, 0.15) is 19.1 Å².